The molecule has 0 aromatic heterocycles. The Morgan fingerprint density at radius 2 is 1.90 bits per heavy atom. The minimum absolute atomic E-state index is 0.257. The van der Waals surface area contributed by atoms with E-state index in [4.69, 9.17) is 4.74 Å². The zero-order valence-corrected chi connectivity index (χ0v) is 12.1. The van der Waals surface area contributed by atoms with Crippen LogP contribution in [0.5, 0.6) is 0 Å². The Morgan fingerprint density at radius 3 is 2.70 bits per heavy atom. The zero-order valence-electron chi connectivity index (χ0n) is 12.1. The summed E-state index contributed by atoms with van der Waals surface area (Å²) in [7, 11) is 0. The fourth-order valence-corrected chi connectivity index (χ4v) is 2.89. The lowest BCUT2D eigenvalue weighted by Crippen LogP contribution is -2.22. The lowest BCUT2D eigenvalue weighted by Gasteiger charge is -2.21. The van der Waals surface area contributed by atoms with Crippen LogP contribution in [0.4, 0.5) is 0 Å². The van der Waals surface area contributed by atoms with E-state index in [1.807, 2.05) is 0 Å². The van der Waals surface area contributed by atoms with Gasteiger partial charge in [0.1, 0.15) is 0 Å². The highest BCUT2D eigenvalue weighted by molar-refractivity contribution is 5.41. The molecule has 0 fully saturated rings. The van der Waals surface area contributed by atoms with Crippen LogP contribution in [-0.4, -0.2) is 6.54 Å². The molecule has 1 N–H and O–H groups in total. The Bertz CT molecular complexity index is 606. The molecule has 1 aliphatic heterocycles. The molecule has 0 aliphatic carbocycles. The Hall–Kier alpha value is -1.64. The molecule has 0 bridgehead atoms. The highest BCUT2D eigenvalue weighted by Gasteiger charge is 2.18. The first-order valence-corrected chi connectivity index (χ1v) is 7.28. The number of hydrogen-bond donors (Lipinski definition) is 1. The Kier molecular flexibility index (Phi) is 3.86. The second kappa shape index (κ2) is 5.78. The average molecular weight is 267 g/mol. The van der Waals surface area contributed by atoms with E-state index in [1.54, 1.807) is 0 Å². The Morgan fingerprint density at radius 1 is 1.10 bits per heavy atom. The van der Waals surface area contributed by atoms with Gasteiger partial charge in [-0.05, 0) is 41.3 Å². The second-order valence-electron chi connectivity index (χ2n) is 5.37. The van der Waals surface area contributed by atoms with Crippen molar-refractivity contribution in [1.29, 1.82) is 0 Å². The molecule has 2 nitrogen and oxygen atoms in total. The van der Waals surface area contributed by atoms with Crippen molar-refractivity contribution in [3.63, 3.8) is 0 Å². The van der Waals surface area contributed by atoms with Crippen LogP contribution < -0.4 is 5.32 Å². The molecule has 2 heteroatoms. The van der Waals surface area contributed by atoms with E-state index in [-0.39, 0.29) is 6.04 Å². The summed E-state index contributed by atoms with van der Waals surface area (Å²) in [5.74, 6) is 0. The maximum absolute atomic E-state index is 5.52. The van der Waals surface area contributed by atoms with Gasteiger partial charge < -0.3 is 10.1 Å². The molecule has 2 aromatic carbocycles. The quantitative estimate of drug-likeness (QED) is 0.911. The highest BCUT2D eigenvalue weighted by Crippen LogP contribution is 2.29. The molecule has 1 aliphatic rings. The third kappa shape index (κ3) is 2.49. The van der Waals surface area contributed by atoms with Gasteiger partial charge in [0, 0.05) is 0 Å². The van der Waals surface area contributed by atoms with Crippen molar-refractivity contribution in [2.24, 2.45) is 0 Å². The van der Waals surface area contributed by atoms with Gasteiger partial charge in [0.2, 0.25) is 0 Å². The minimum Gasteiger partial charge on any atom is -0.372 e. The first-order valence-electron chi connectivity index (χ1n) is 7.28. The lowest BCUT2D eigenvalue weighted by molar-refractivity contribution is 0.134. The van der Waals surface area contributed by atoms with Gasteiger partial charge in [-0.3, -0.25) is 0 Å². The van der Waals surface area contributed by atoms with Gasteiger partial charge in [-0.2, -0.15) is 0 Å². The summed E-state index contributed by atoms with van der Waals surface area (Å²) in [6, 6.07) is 15.6. The minimum atomic E-state index is 0.257. The number of nitrogens with one attached hydrogen (secondary N) is 1. The van der Waals surface area contributed by atoms with Crippen LogP contribution in [0.25, 0.3) is 0 Å². The molecule has 0 saturated carbocycles. The summed E-state index contributed by atoms with van der Waals surface area (Å²) in [6.45, 7) is 6.78. The summed E-state index contributed by atoms with van der Waals surface area (Å²) in [4.78, 5) is 0. The maximum atomic E-state index is 5.52. The van der Waals surface area contributed by atoms with Gasteiger partial charge in [0.15, 0.2) is 0 Å². The molecule has 1 unspecified atom stereocenters. The molecule has 1 heterocycles. The van der Waals surface area contributed by atoms with Gasteiger partial charge >= 0.3 is 0 Å². The molecule has 104 valence electrons. The van der Waals surface area contributed by atoms with E-state index in [1.165, 1.54) is 27.8 Å². The van der Waals surface area contributed by atoms with Crippen LogP contribution in [0.3, 0.4) is 0 Å². The fraction of sp³-hybridized carbons (Fsp3) is 0.333. The molecular weight excluding hydrogens is 246 g/mol. The predicted octanol–water partition coefficient (Wildman–Crippen LogP) is 3.72. The monoisotopic (exact) mass is 267 g/mol. The van der Waals surface area contributed by atoms with E-state index in [0.717, 1.165) is 19.8 Å². The van der Waals surface area contributed by atoms with E-state index in [2.05, 4.69) is 61.6 Å². The van der Waals surface area contributed by atoms with Gasteiger partial charge in [-0.1, -0.05) is 49.4 Å². The summed E-state index contributed by atoms with van der Waals surface area (Å²) >= 11 is 0. The number of rotatable bonds is 4. The van der Waals surface area contributed by atoms with Crippen molar-refractivity contribution in [2.45, 2.75) is 33.1 Å². The van der Waals surface area contributed by atoms with Crippen LogP contribution in [0.2, 0.25) is 0 Å². The molecule has 1 atom stereocenters. The number of ether oxygens (including phenoxy) is 1. The summed E-state index contributed by atoms with van der Waals surface area (Å²) in [5.41, 5.74) is 6.67. The van der Waals surface area contributed by atoms with Crippen LogP contribution in [-0.2, 0) is 18.0 Å². The number of benzene rings is 2. The molecule has 2 aromatic rings. The summed E-state index contributed by atoms with van der Waals surface area (Å²) in [6.07, 6.45) is 0. The molecule has 3 rings (SSSR count). The molecule has 0 spiro atoms. The molecule has 20 heavy (non-hydrogen) atoms. The van der Waals surface area contributed by atoms with Crippen LogP contribution >= 0.6 is 0 Å². The maximum Gasteiger partial charge on any atom is 0.0725 e. The lowest BCUT2D eigenvalue weighted by atomic mass is 9.93. The normalized spacial score (nSPS) is 15.1. The van der Waals surface area contributed by atoms with Crippen molar-refractivity contribution in [2.75, 3.05) is 6.54 Å². The molecule has 0 saturated heterocycles. The van der Waals surface area contributed by atoms with Gasteiger partial charge in [-0.15, -0.1) is 0 Å². The average Bonchev–Trinajstić information content (AvgIpc) is 2.93. The van der Waals surface area contributed by atoms with Crippen LogP contribution in [0.15, 0.2) is 42.5 Å². The first-order chi connectivity index (χ1) is 9.79. The smallest absolute Gasteiger partial charge is 0.0725 e. The van der Waals surface area contributed by atoms with Crippen LogP contribution in [0, 0.1) is 6.92 Å². The third-order valence-electron chi connectivity index (χ3n) is 3.99. The summed E-state index contributed by atoms with van der Waals surface area (Å²) < 4.78 is 5.52. The molecule has 0 amide bonds. The van der Waals surface area contributed by atoms with E-state index in [0.29, 0.717) is 0 Å². The van der Waals surface area contributed by atoms with Crippen molar-refractivity contribution in [3.05, 3.63) is 70.3 Å². The number of fused-ring (bicyclic) bond motifs is 1. The van der Waals surface area contributed by atoms with Crippen molar-refractivity contribution >= 4 is 0 Å². The van der Waals surface area contributed by atoms with E-state index >= 15 is 0 Å². The van der Waals surface area contributed by atoms with E-state index in [9.17, 15) is 0 Å². The SMILES string of the molecule is CCNC(c1ccc2c(c1)COC2)c1ccccc1C. The molecule has 0 radical (unpaired) electrons. The van der Waals surface area contributed by atoms with Gasteiger partial charge in [0.25, 0.3) is 0 Å². The fourth-order valence-electron chi connectivity index (χ4n) is 2.89. The third-order valence-corrected chi connectivity index (χ3v) is 3.99. The molecular formula is C18H21NO. The second-order valence-corrected chi connectivity index (χ2v) is 5.37. The predicted molar refractivity (Wildman–Crippen MR) is 81.6 cm³/mol. The number of aryl methyl sites for hydroxylation is 1. The van der Waals surface area contributed by atoms with Crippen molar-refractivity contribution in [3.8, 4) is 0 Å². The Labute approximate surface area is 120 Å². The Balaban J connectivity index is 2.01. The van der Waals surface area contributed by atoms with Crippen molar-refractivity contribution < 1.29 is 4.74 Å². The van der Waals surface area contributed by atoms with E-state index < -0.39 is 0 Å². The topological polar surface area (TPSA) is 21.3 Å². The van der Waals surface area contributed by atoms with Gasteiger partial charge in [0.05, 0.1) is 19.3 Å². The standard InChI is InChI=1S/C18H21NO/c1-3-19-18(17-7-5-4-6-13(17)2)14-8-9-15-11-20-12-16(15)10-14/h4-10,18-19H,3,11-12H2,1-2H3. The zero-order chi connectivity index (χ0) is 13.9. The van der Waals surface area contributed by atoms with Crippen molar-refractivity contribution in [1.82, 2.24) is 5.32 Å². The summed E-state index contributed by atoms with van der Waals surface area (Å²) in [5, 5.41) is 3.61. The van der Waals surface area contributed by atoms with Crippen LogP contribution in [0.1, 0.15) is 40.8 Å². The largest absolute Gasteiger partial charge is 0.372 e. The number of hydrogen-bond acceptors (Lipinski definition) is 2. The highest BCUT2D eigenvalue weighted by atomic mass is 16.5. The first kappa shape index (κ1) is 13.3. The van der Waals surface area contributed by atoms with Gasteiger partial charge in [-0.25, -0.2) is 0 Å².